The molecule has 9 heteroatoms. The normalized spacial score (nSPS) is 11.2. The fraction of sp³-hybridized carbons (Fsp3) is 0.148. The molecule has 36 heavy (non-hydrogen) atoms. The molecule has 3 aromatic carbocycles. The molecule has 4 aromatic rings. The standard InChI is InChI=1S/C27H27N5O3S/c1-4-24(19-9-13-22(33)14-10-19)28-29-25(34)17-36-27-31-30-26(20-7-5-18(2)6-8-20)32(27)21-11-15-23(35-3)16-12-21/h4-16,28,33H,17H2,1-3H3,(H,29,34)/b24-4+. The Morgan fingerprint density at radius 1 is 1.00 bits per heavy atom. The van der Waals surface area contributed by atoms with Gasteiger partial charge in [0.2, 0.25) is 5.91 Å². The van der Waals surface area contributed by atoms with E-state index in [1.54, 1.807) is 31.4 Å². The van der Waals surface area contributed by atoms with Crippen LogP contribution in [0.1, 0.15) is 18.1 Å². The Bertz CT molecular complexity index is 1350. The molecule has 184 valence electrons. The van der Waals surface area contributed by atoms with Crippen LogP contribution in [0.25, 0.3) is 22.8 Å². The topological polar surface area (TPSA) is 101 Å². The van der Waals surface area contributed by atoms with Crippen LogP contribution in [0.15, 0.2) is 84.0 Å². The second-order valence-electron chi connectivity index (χ2n) is 7.92. The molecule has 0 radical (unpaired) electrons. The number of benzene rings is 3. The van der Waals surface area contributed by atoms with E-state index in [2.05, 4.69) is 21.0 Å². The number of aromatic hydroxyl groups is 1. The van der Waals surface area contributed by atoms with Crippen molar-refractivity contribution in [2.24, 2.45) is 0 Å². The number of carbonyl (C=O) groups is 1. The van der Waals surface area contributed by atoms with E-state index in [0.717, 1.165) is 33.8 Å². The van der Waals surface area contributed by atoms with Gasteiger partial charge in [0, 0.05) is 11.3 Å². The van der Waals surface area contributed by atoms with E-state index in [4.69, 9.17) is 4.74 Å². The van der Waals surface area contributed by atoms with Gasteiger partial charge in [-0.1, -0.05) is 47.7 Å². The van der Waals surface area contributed by atoms with E-state index < -0.39 is 0 Å². The van der Waals surface area contributed by atoms with Crippen molar-refractivity contribution in [2.45, 2.75) is 19.0 Å². The summed E-state index contributed by atoms with van der Waals surface area (Å²) in [5.41, 5.74) is 10.2. The number of nitrogens with zero attached hydrogens (tertiary/aromatic N) is 3. The molecule has 3 N–H and O–H groups in total. The van der Waals surface area contributed by atoms with Crippen molar-refractivity contribution in [1.82, 2.24) is 25.6 Å². The second-order valence-corrected chi connectivity index (χ2v) is 8.86. The van der Waals surface area contributed by atoms with E-state index in [9.17, 15) is 9.90 Å². The van der Waals surface area contributed by atoms with Gasteiger partial charge in [-0.15, -0.1) is 10.2 Å². The number of methoxy groups -OCH3 is 1. The number of amides is 1. The number of hydrogen-bond donors (Lipinski definition) is 3. The molecular weight excluding hydrogens is 474 g/mol. The first-order chi connectivity index (χ1) is 17.5. The van der Waals surface area contributed by atoms with Crippen LogP contribution in [-0.4, -0.2) is 38.6 Å². The summed E-state index contributed by atoms with van der Waals surface area (Å²) in [6, 6.07) is 22.4. The number of nitrogens with one attached hydrogen (secondary N) is 2. The van der Waals surface area contributed by atoms with E-state index in [1.807, 2.05) is 73.0 Å². The first kappa shape index (κ1) is 24.9. The minimum absolute atomic E-state index is 0.127. The average molecular weight is 502 g/mol. The van der Waals surface area contributed by atoms with Gasteiger partial charge in [-0.25, -0.2) is 0 Å². The van der Waals surface area contributed by atoms with Crippen molar-refractivity contribution in [1.29, 1.82) is 0 Å². The number of thioether (sulfide) groups is 1. The number of aromatic nitrogens is 3. The number of phenols is 1. The summed E-state index contributed by atoms with van der Waals surface area (Å²) in [6.07, 6.45) is 1.84. The lowest BCUT2D eigenvalue weighted by molar-refractivity contribution is -0.119. The summed E-state index contributed by atoms with van der Waals surface area (Å²) in [5, 5.41) is 18.9. The highest BCUT2D eigenvalue weighted by atomic mass is 32.2. The fourth-order valence-electron chi connectivity index (χ4n) is 3.47. The zero-order valence-corrected chi connectivity index (χ0v) is 21.0. The largest absolute Gasteiger partial charge is 0.508 e. The summed E-state index contributed by atoms with van der Waals surface area (Å²) < 4.78 is 7.23. The van der Waals surface area contributed by atoms with Gasteiger partial charge in [0.1, 0.15) is 11.5 Å². The second kappa shape index (κ2) is 11.5. The Hall–Kier alpha value is -4.24. The summed E-state index contributed by atoms with van der Waals surface area (Å²) >= 11 is 1.29. The molecule has 0 unspecified atom stereocenters. The van der Waals surface area contributed by atoms with Gasteiger partial charge < -0.3 is 9.84 Å². The van der Waals surface area contributed by atoms with E-state index in [-0.39, 0.29) is 17.4 Å². The maximum atomic E-state index is 12.6. The molecule has 0 atom stereocenters. The highest BCUT2D eigenvalue weighted by Gasteiger charge is 2.17. The Balaban J connectivity index is 1.50. The number of aryl methyl sites for hydroxylation is 1. The maximum absolute atomic E-state index is 12.6. The van der Waals surface area contributed by atoms with Crippen LogP contribution in [0.3, 0.4) is 0 Å². The Labute approximate surface area is 214 Å². The van der Waals surface area contributed by atoms with Crippen LogP contribution in [0.5, 0.6) is 11.5 Å². The molecule has 0 aliphatic heterocycles. The minimum Gasteiger partial charge on any atom is -0.508 e. The van der Waals surface area contributed by atoms with Crippen molar-refractivity contribution < 1.29 is 14.6 Å². The van der Waals surface area contributed by atoms with Crippen molar-refractivity contribution in [2.75, 3.05) is 12.9 Å². The van der Waals surface area contributed by atoms with Crippen molar-refractivity contribution >= 4 is 23.4 Å². The van der Waals surface area contributed by atoms with Gasteiger partial charge >= 0.3 is 0 Å². The van der Waals surface area contributed by atoms with Crippen LogP contribution >= 0.6 is 11.8 Å². The molecule has 0 saturated heterocycles. The van der Waals surface area contributed by atoms with Crippen LogP contribution in [0, 0.1) is 6.92 Å². The van der Waals surface area contributed by atoms with Gasteiger partial charge in [-0.2, -0.15) is 0 Å². The summed E-state index contributed by atoms with van der Waals surface area (Å²) in [5.74, 6) is 1.52. The molecule has 1 heterocycles. The van der Waals surface area contributed by atoms with Gasteiger partial charge in [0.05, 0.1) is 18.6 Å². The first-order valence-corrected chi connectivity index (χ1v) is 12.3. The number of hydrogen-bond acceptors (Lipinski definition) is 7. The average Bonchev–Trinajstić information content (AvgIpc) is 3.33. The third-order valence-electron chi connectivity index (χ3n) is 5.41. The van der Waals surface area contributed by atoms with Crippen molar-refractivity contribution in [3.8, 4) is 28.6 Å². The summed E-state index contributed by atoms with van der Waals surface area (Å²) in [6.45, 7) is 3.90. The third kappa shape index (κ3) is 5.87. The Morgan fingerprint density at radius 3 is 2.33 bits per heavy atom. The highest BCUT2D eigenvalue weighted by molar-refractivity contribution is 7.99. The molecule has 0 fully saturated rings. The molecule has 4 rings (SSSR count). The number of phenolic OH excluding ortho intramolecular Hbond substituents is 1. The molecule has 1 amide bonds. The Kier molecular flexibility index (Phi) is 7.92. The van der Waals surface area contributed by atoms with E-state index in [0.29, 0.717) is 11.0 Å². The van der Waals surface area contributed by atoms with Crippen molar-refractivity contribution in [3.05, 3.63) is 90.0 Å². The quantitative estimate of drug-likeness (QED) is 0.225. The predicted octanol–water partition coefficient (Wildman–Crippen LogP) is 4.73. The molecule has 0 aliphatic carbocycles. The molecule has 1 aromatic heterocycles. The van der Waals surface area contributed by atoms with Gasteiger partial charge in [-0.3, -0.25) is 20.2 Å². The number of allylic oxidation sites excluding steroid dienone is 1. The molecule has 0 bridgehead atoms. The maximum Gasteiger partial charge on any atom is 0.248 e. The van der Waals surface area contributed by atoms with Crippen LogP contribution in [0.2, 0.25) is 0 Å². The fourth-order valence-corrected chi connectivity index (χ4v) is 4.22. The SMILES string of the molecule is C/C=C(/NNC(=O)CSc1nnc(-c2ccc(C)cc2)n1-c1ccc(OC)cc1)c1ccc(O)cc1. The lowest BCUT2D eigenvalue weighted by Gasteiger charge is -2.13. The summed E-state index contributed by atoms with van der Waals surface area (Å²) in [7, 11) is 1.63. The third-order valence-corrected chi connectivity index (χ3v) is 6.34. The van der Waals surface area contributed by atoms with Crippen LogP contribution in [0.4, 0.5) is 0 Å². The number of hydrazine groups is 1. The number of ether oxygens (including phenoxy) is 1. The lowest BCUT2D eigenvalue weighted by atomic mass is 10.1. The molecule has 8 nitrogen and oxygen atoms in total. The zero-order chi connectivity index (χ0) is 25.5. The molecular formula is C27H27N5O3S. The molecule has 0 aliphatic rings. The van der Waals surface area contributed by atoms with Gasteiger partial charge in [-0.05, 0) is 67.9 Å². The number of rotatable bonds is 9. The van der Waals surface area contributed by atoms with Gasteiger partial charge in [0.25, 0.3) is 0 Å². The summed E-state index contributed by atoms with van der Waals surface area (Å²) in [4.78, 5) is 12.6. The number of carbonyl (C=O) groups excluding carboxylic acids is 1. The van der Waals surface area contributed by atoms with Crippen molar-refractivity contribution in [3.63, 3.8) is 0 Å². The smallest absolute Gasteiger partial charge is 0.248 e. The van der Waals surface area contributed by atoms with Crippen LogP contribution in [-0.2, 0) is 4.79 Å². The monoisotopic (exact) mass is 501 g/mol. The molecule has 0 saturated carbocycles. The minimum atomic E-state index is -0.223. The molecule has 0 spiro atoms. The zero-order valence-electron chi connectivity index (χ0n) is 20.2. The van der Waals surface area contributed by atoms with E-state index >= 15 is 0 Å². The first-order valence-electron chi connectivity index (χ1n) is 11.3. The van der Waals surface area contributed by atoms with E-state index in [1.165, 1.54) is 11.8 Å². The van der Waals surface area contributed by atoms with Crippen LogP contribution < -0.4 is 15.6 Å². The van der Waals surface area contributed by atoms with Gasteiger partial charge in [0.15, 0.2) is 11.0 Å². The Morgan fingerprint density at radius 2 is 1.69 bits per heavy atom. The predicted molar refractivity (Wildman–Crippen MR) is 142 cm³/mol. The highest BCUT2D eigenvalue weighted by Crippen LogP contribution is 2.29. The lowest BCUT2D eigenvalue weighted by Crippen LogP contribution is -2.37.